The summed E-state index contributed by atoms with van der Waals surface area (Å²) in [5.74, 6) is -0.320. The van der Waals surface area contributed by atoms with Crippen molar-refractivity contribution in [3.63, 3.8) is 0 Å². The molecule has 0 aromatic carbocycles. The summed E-state index contributed by atoms with van der Waals surface area (Å²) >= 11 is 0. The molecule has 1 fully saturated rings. The first kappa shape index (κ1) is 14.4. The van der Waals surface area contributed by atoms with Gasteiger partial charge in [0.25, 0.3) is 0 Å². The van der Waals surface area contributed by atoms with Gasteiger partial charge >= 0.3 is 5.97 Å². The van der Waals surface area contributed by atoms with Gasteiger partial charge in [-0.15, -0.1) is 0 Å². The molecule has 1 saturated heterocycles. The van der Waals surface area contributed by atoms with E-state index < -0.39 is 0 Å². The van der Waals surface area contributed by atoms with E-state index in [0.29, 0.717) is 46.2 Å². The van der Waals surface area contributed by atoms with Crippen molar-refractivity contribution in [1.29, 1.82) is 0 Å². The number of ether oxygens (including phenoxy) is 5. The van der Waals surface area contributed by atoms with E-state index >= 15 is 0 Å². The zero-order valence-corrected chi connectivity index (χ0v) is 10.2. The van der Waals surface area contributed by atoms with E-state index in [9.17, 15) is 4.79 Å². The molecule has 100 valence electrons. The van der Waals surface area contributed by atoms with Gasteiger partial charge in [-0.05, 0) is 0 Å². The van der Waals surface area contributed by atoms with Crippen LogP contribution in [-0.4, -0.2) is 64.9 Å². The van der Waals surface area contributed by atoms with E-state index in [-0.39, 0.29) is 18.7 Å². The Balaban J connectivity index is 2.24. The van der Waals surface area contributed by atoms with Crippen molar-refractivity contribution in [1.82, 2.24) is 0 Å². The molecule has 0 radical (unpaired) electrons. The molecule has 0 amide bonds. The molecular formula is C11H20O6. The van der Waals surface area contributed by atoms with Gasteiger partial charge in [0.2, 0.25) is 0 Å². The van der Waals surface area contributed by atoms with E-state index in [4.69, 9.17) is 23.7 Å². The van der Waals surface area contributed by atoms with E-state index in [1.807, 2.05) is 0 Å². The second-order valence-corrected chi connectivity index (χ2v) is 3.60. The third-order valence-corrected chi connectivity index (χ3v) is 2.10. The summed E-state index contributed by atoms with van der Waals surface area (Å²) in [4.78, 5) is 10.7. The van der Waals surface area contributed by atoms with Gasteiger partial charge in [0.15, 0.2) is 0 Å². The maximum Gasteiger partial charge on any atom is 0.302 e. The Morgan fingerprint density at radius 1 is 1.06 bits per heavy atom. The van der Waals surface area contributed by atoms with Crippen LogP contribution < -0.4 is 0 Å². The van der Waals surface area contributed by atoms with Crippen LogP contribution >= 0.6 is 0 Å². The molecule has 17 heavy (non-hydrogen) atoms. The van der Waals surface area contributed by atoms with Crippen LogP contribution in [-0.2, 0) is 28.5 Å². The second-order valence-electron chi connectivity index (χ2n) is 3.60. The summed E-state index contributed by atoms with van der Waals surface area (Å²) in [7, 11) is 0. The minimum Gasteiger partial charge on any atom is -0.463 e. The summed E-state index contributed by atoms with van der Waals surface area (Å²) in [6.45, 7) is 5.07. The molecule has 0 bridgehead atoms. The zero-order chi connectivity index (χ0) is 12.3. The zero-order valence-electron chi connectivity index (χ0n) is 10.2. The molecule has 1 aliphatic rings. The van der Waals surface area contributed by atoms with Crippen molar-refractivity contribution >= 4 is 5.97 Å². The van der Waals surface area contributed by atoms with Crippen LogP contribution in [0.3, 0.4) is 0 Å². The summed E-state index contributed by atoms with van der Waals surface area (Å²) < 4.78 is 26.3. The summed E-state index contributed by atoms with van der Waals surface area (Å²) in [6.07, 6.45) is -0.248. The molecule has 1 rings (SSSR count). The topological polar surface area (TPSA) is 63.2 Å². The largest absolute Gasteiger partial charge is 0.463 e. The Hall–Kier alpha value is -0.690. The number of carbonyl (C=O) groups is 1. The number of esters is 1. The second kappa shape index (κ2) is 9.35. The third-order valence-electron chi connectivity index (χ3n) is 2.10. The molecule has 0 aromatic rings. The minimum absolute atomic E-state index is 0.205. The van der Waals surface area contributed by atoms with Crippen LogP contribution in [0, 0.1) is 0 Å². The van der Waals surface area contributed by atoms with Crippen LogP contribution in [0.2, 0.25) is 0 Å². The molecule has 0 spiro atoms. The molecule has 1 heterocycles. The molecule has 1 aliphatic heterocycles. The van der Waals surface area contributed by atoms with Gasteiger partial charge in [-0.3, -0.25) is 4.79 Å². The van der Waals surface area contributed by atoms with Crippen molar-refractivity contribution in [3.05, 3.63) is 0 Å². The lowest BCUT2D eigenvalue weighted by Crippen LogP contribution is -2.29. The molecule has 1 atom stereocenters. The Morgan fingerprint density at radius 2 is 1.65 bits per heavy atom. The van der Waals surface area contributed by atoms with E-state index in [1.54, 1.807) is 0 Å². The highest BCUT2D eigenvalue weighted by atomic mass is 16.6. The van der Waals surface area contributed by atoms with Crippen LogP contribution in [0.4, 0.5) is 0 Å². The molecule has 6 heteroatoms. The molecule has 0 aliphatic carbocycles. The van der Waals surface area contributed by atoms with Crippen molar-refractivity contribution < 1.29 is 28.5 Å². The van der Waals surface area contributed by atoms with E-state index in [0.717, 1.165) is 0 Å². The first-order valence-electron chi connectivity index (χ1n) is 5.77. The lowest BCUT2D eigenvalue weighted by Gasteiger charge is -2.18. The average molecular weight is 248 g/mol. The van der Waals surface area contributed by atoms with Gasteiger partial charge in [-0.1, -0.05) is 0 Å². The maximum atomic E-state index is 10.7. The number of hydrogen-bond donors (Lipinski definition) is 0. The molecule has 0 aromatic heterocycles. The molecule has 0 saturated carbocycles. The Morgan fingerprint density at radius 3 is 2.29 bits per heavy atom. The fourth-order valence-electron chi connectivity index (χ4n) is 1.28. The van der Waals surface area contributed by atoms with E-state index in [1.165, 1.54) is 6.92 Å². The van der Waals surface area contributed by atoms with Gasteiger partial charge in [0.05, 0.1) is 46.2 Å². The SMILES string of the molecule is CC(=O)OCC1COCCOCCOCCO1. The summed E-state index contributed by atoms with van der Waals surface area (Å²) in [6, 6.07) is 0. The monoisotopic (exact) mass is 248 g/mol. The van der Waals surface area contributed by atoms with Gasteiger partial charge in [-0.25, -0.2) is 0 Å². The number of carbonyl (C=O) groups excluding carboxylic acids is 1. The molecule has 1 unspecified atom stereocenters. The van der Waals surface area contributed by atoms with Crippen LogP contribution in [0.25, 0.3) is 0 Å². The normalized spacial score (nSPS) is 24.4. The van der Waals surface area contributed by atoms with Gasteiger partial charge in [0, 0.05) is 6.92 Å². The fourth-order valence-corrected chi connectivity index (χ4v) is 1.28. The molecule has 0 N–H and O–H groups in total. The van der Waals surface area contributed by atoms with Crippen molar-refractivity contribution in [2.24, 2.45) is 0 Å². The standard InChI is InChI=1S/C11H20O6/c1-10(12)17-9-11-8-15-5-4-13-2-3-14-6-7-16-11/h11H,2-9H2,1H3. The predicted molar refractivity (Wildman–Crippen MR) is 58.8 cm³/mol. The smallest absolute Gasteiger partial charge is 0.302 e. The quantitative estimate of drug-likeness (QED) is 0.641. The Kier molecular flexibility index (Phi) is 7.91. The van der Waals surface area contributed by atoms with Gasteiger partial charge < -0.3 is 23.7 Å². The highest BCUT2D eigenvalue weighted by Gasteiger charge is 2.12. The van der Waals surface area contributed by atoms with Crippen LogP contribution in [0.1, 0.15) is 6.92 Å². The lowest BCUT2D eigenvalue weighted by atomic mass is 10.4. The number of hydrogen-bond acceptors (Lipinski definition) is 6. The first-order chi connectivity index (χ1) is 8.29. The van der Waals surface area contributed by atoms with Crippen LogP contribution in [0.5, 0.6) is 0 Å². The summed E-state index contributed by atoms with van der Waals surface area (Å²) in [5, 5.41) is 0. The van der Waals surface area contributed by atoms with Gasteiger partial charge in [-0.2, -0.15) is 0 Å². The minimum atomic E-state index is -0.320. The highest BCUT2D eigenvalue weighted by molar-refractivity contribution is 5.65. The van der Waals surface area contributed by atoms with E-state index in [2.05, 4.69) is 0 Å². The Labute approximate surface area is 101 Å². The van der Waals surface area contributed by atoms with Gasteiger partial charge in [0.1, 0.15) is 12.7 Å². The Bertz CT molecular complexity index is 196. The highest BCUT2D eigenvalue weighted by Crippen LogP contribution is 1.97. The fraction of sp³-hybridized carbons (Fsp3) is 0.909. The molecular weight excluding hydrogens is 228 g/mol. The first-order valence-corrected chi connectivity index (χ1v) is 5.77. The summed E-state index contributed by atoms with van der Waals surface area (Å²) in [5.41, 5.74) is 0. The van der Waals surface area contributed by atoms with Crippen LogP contribution in [0.15, 0.2) is 0 Å². The van der Waals surface area contributed by atoms with Crippen molar-refractivity contribution in [2.45, 2.75) is 13.0 Å². The lowest BCUT2D eigenvalue weighted by molar-refractivity contribution is -0.148. The predicted octanol–water partition coefficient (Wildman–Crippen LogP) is -0.00190. The molecule has 6 nitrogen and oxygen atoms in total. The van der Waals surface area contributed by atoms with Crippen molar-refractivity contribution in [2.75, 3.05) is 52.9 Å². The van der Waals surface area contributed by atoms with Crippen molar-refractivity contribution in [3.8, 4) is 0 Å². The maximum absolute atomic E-state index is 10.7. The third kappa shape index (κ3) is 8.09. The number of rotatable bonds is 2. The average Bonchev–Trinajstić information content (AvgIpc) is 2.28.